The summed E-state index contributed by atoms with van der Waals surface area (Å²) in [5, 5.41) is 14.2. The molecule has 25 heavy (non-hydrogen) atoms. The highest BCUT2D eigenvalue weighted by Crippen LogP contribution is 2.40. The number of nitrogens with two attached hydrogens (primary N) is 1. The molecule has 2 aliphatic rings. The van der Waals surface area contributed by atoms with E-state index in [1.54, 1.807) is 4.57 Å². The molecule has 128 valence electrons. The number of para-hydroxylation sites is 1. The van der Waals surface area contributed by atoms with Crippen LogP contribution in [0.1, 0.15) is 41.7 Å². The van der Waals surface area contributed by atoms with E-state index < -0.39 is 0 Å². The molecule has 5 N–H and O–H groups in total. The van der Waals surface area contributed by atoms with Gasteiger partial charge in [-0.1, -0.05) is 18.2 Å². The fourth-order valence-corrected chi connectivity index (χ4v) is 4.36. The van der Waals surface area contributed by atoms with E-state index in [2.05, 4.69) is 21.4 Å². The molecule has 2 aromatic heterocycles. The van der Waals surface area contributed by atoms with E-state index in [1.807, 2.05) is 18.2 Å². The standard InChI is InChI=1S/C18H18N4O2S/c23-16-13(17(24)22(9-5-6-9)18(25)21-16)15-14-11(7-8-19-15)10-3-1-2-4-12(10)20-14/h1-4,9,15,19-20,24H,5-8H2,(H,21,23,25)/p+1/t15-/m1/s1. The van der Waals surface area contributed by atoms with Crippen molar-refractivity contribution in [2.24, 2.45) is 0 Å². The van der Waals surface area contributed by atoms with Crippen molar-refractivity contribution >= 4 is 23.1 Å². The number of aromatic nitrogens is 3. The molecule has 5 rings (SSSR count). The first kappa shape index (κ1) is 14.9. The normalized spacial score (nSPS) is 19.9. The number of hydrogen-bond acceptors (Lipinski definition) is 3. The molecule has 0 saturated heterocycles. The van der Waals surface area contributed by atoms with Gasteiger partial charge in [-0.2, -0.15) is 0 Å². The molecule has 1 saturated carbocycles. The van der Waals surface area contributed by atoms with Gasteiger partial charge in [0.1, 0.15) is 5.56 Å². The summed E-state index contributed by atoms with van der Waals surface area (Å²) in [6.07, 6.45) is 2.91. The van der Waals surface area contributed by atoms with E-state index in [1.165, 1.54) is 10.9 Å². The number of nitrogens with one attached hydrogen (secondary N) is 2. The van der Waals surface area contributed by atoms with Gasteiger partial charge in [0, 0.05) is 23.4 Å². The van der Waals surface area contributed by atoms with Crippen LogP contribution in [0.2, 0.25) is 0 Å². The van der Waals surface area contributed by atoms with E-state index in [9.17, 15) is 9.90 Å². The predicted octanol–water partition coefficient (Wildman–Crippen LogP) is 1.64. The maximum atomic E-state index is 12.7. The van der Waals surface area contributed by atoms with Gasteiger partial charge < -0.3 is 15.4 Å². The van der Waals surface area contributed by atoms with Crippen LogP contribution in [0.4, 0.5) is 0 Å². The monoisotopic (exact) mass is 355 g/mol. The van der Waals surface area contributed by atoms with Crippen molar-refractivity contribution in [3.63, 3.8) is 0 Å². The van der Waals surface area contributed by atoms with E-state index >= 15 is 0 Å². The minimum absolute atomic E-state index is 0.0176. The molecule has 0 amide bonds. The van der Waals surface area contributed by atoms with Crippen LogP contribution in [-0.4, -0.2) is 26.2 Å². The largest absolute Gasteiger partial charge is 0.494 e. The molecule has 0 spiro atoms. The average Bonchev–Trinajstić information content (AvgIpc) is 3.34. The lowest BCUT2D eigenvalue weighted by atomic mass is 9.95. The summed E-state index contributed by atoms with van der Waals surface area (Å²) in [7, 11) is 0. The number of quaternary nitrogens is 1. The topological polar surface area (TPSA) is 90.4 Å². The fourth-order valence-electron chi connectivity index (χ4n) is 4.03. The summed E-state index contributed by atoms with van der Waals surface area (Å²) in [5.41, 5.74) is 3.41. The van der Waals surface area contributed by atoms with E-state index in [0.29, 0.717) is 10.3 Å². The molecule has 3 heterocycles. The Morgan fingerprint density at radius 1 is 1.24 bits per heavy atom. The van der Waals surface area contributed by atoms with Crippen LogP contribution < -0.4 is 10.9 Å². The van der Waals surface area contributed by atoms with Crippen molar-refractivity contribution < 1.29 is 10.4 Å². The number of hydrogen-bond donors (Lipinski definition) is 4. The van der Waals surface area contributed by atoms with Crippen LogP contribution in [0, 0.1) is 4.77 Å². The summed E-state index contributed by atoms with van der Waals surface area (Å²) < 4.78 is 2.01. The average molecular weight is 355 g/mol. The van der Waals surface area contributed by atoms with Crippen LogP contribution in [0.5, 0.6) is 5.88 Å². The first-order valence-electron chi connectivity index (χ1n) is 8.65. The van der Waals surface area contributed by atoms with Crippen LogP contribution >= 0.6 is 12.2 Å². The van der Waals surface area contributed by atoms with Crippen LogP contribution in [-0.2, 0) is 6.42 Å². The lowest BCUT2D eigenvalue weighted by Gasteiger charge is -2.22. The molecule has 3 aromatic rings. The SMILES string of the molecule is O=c1[nH]c(=S)n(C2CC2)c(O)c1[C@H]1[NH2+]CCc2c1[nH]c1ccccc21. The van der Waals surface area contributed by atoms with Crippen molar-refractivity contribution in [3.05, 3.63) is 56.2 Å². The van der Waals surface area contributed by atoms with Gasteiger partial charge in [0.25, 0.3) is 5.56 Å². The number of rotatable bonds is 2. The third-order valence-electron chi connectivity index (χ3n) is 5.33. The molecule has 6 nitrogen and oxygen atoms in total. The molecule has 0 bridgehead atoms. The van der Waals surface area contributed by atoms with Gasteiger partial charge >= 0.3 is 0 Å². The highest BCUT2D eigenvalue weighted by molar-refractivity contribution is 7.71. The van der Waals surface area contributed by atoms with Gasteiger partial charge in [-0.05, 0) is 36.7 Å². The molecule has 0 unspecified atom stereocenters. The number of benzene rings is 1. The first-order valence-corrected chi connectivity index (χ1v) is 9.06. The number of H-pyrrole nitrogens is 2. The Bertz CT molecular complexity index is 1110. The molecule has 1 aliphatic carbocycles. The lowest BCUT2D eigenvalue weighted by molar-refractivity contribution is -0.690. The van der Waals surface area contributed by atoms with Gasteiger partial charge in [0.2, 0.25) is 5.88 Å². The van der Waals surface area contributed by atoms with Gasteiger partial charge in [-0.15, -0.1) is 0 Å². The summed E-state index contributed by atoms with van der Waals surface area (Å²) in [4.78, 5) is 18.9. The molecule has 1 fully saturated rings. The Kier molecular flexibility index (Phi) is 3.17. The fraction of sp³-hybridized carbons (Fsp3) is 0.333. The van der Waals surface area contributed by atoms with Crippen LogP contribution in [0.15, 0.2) is 29.1 Å². The van der Waals surface area contributed by atoms with Crippen LogP contribution in [0.25, 0.3) is 10.9 Å². The molecule has 0 radical (unpaired) electrons. The maximum absolute atomic E-state index is 12.7. The molecular formula is C18H19N4O2S+. The smallest absolute Gasteiger partial charge is 0.265 e. The Morgan fingerprint density at radius 2 is 2.04 bits per heavy atom. The second kappa shape index (κ2) is 5.31. The van der Waals surface area contributed by atoms with Gasteiger partial charge in [0.15, 0.2) is 10.8 Å². The van der Waals surface area contributed by atoms with Crippen molar-refractivity contribution in [3.8, 4) is 5.88 Å². The number of nitrogens with zero attached hydrogens (tertiary/aromatic N) is 1. The van der Waals surface area contributed by atoms with E-state index in [4.69, 9.17) is 12.2 Å². The summed E-state index contributed by atoms with van der Waals surface area (Å²) in [6, 6.07) is 8.13. The van der Waals surface area contributed by atoms with Crippen molar-refractivity contribution in [2.45, 2.75) is 31.3 Å². The molecule has 1 atom stereocenters. The second-order valence-electron chi connectivity index (χ2n) is 6.91. The Balaban J connectivity index is 1.75. The number of aromatic hydroxyl groups is 1. The molecule has 1 aliphatic heterocycles. The van der Waals surface area contributed by atoms with E-state index in [-0.39, 0.29) is 23.5 Å². The third kappa shape index (κ3) is 2.19. The van der Waals surface area contributed by atoms with Crippen molar-refractivity contribution in [1.82, 2.24) is 14.5 Å². The number of aromatic amines is 2. The summed E-state index contributed by atoms with van der Waals surface area (Å²) >= 11 is 5.26. The first-order chi connectivity index (χ1) is 12.1. The quantitative estimate of drug-likeness (QED) is 0.527. The van der Waals surface area contributed by atoms with Crippen molar-refractivity contribution in [2.75, 3.05) is 6.54 Å². The zero-order chi connectivity index (χ0) is 17.1. The highest BCUT2D eigenvalue weighted by Gasteiger charge is 2.36. The summed E-state index contributed by atoms with van der Waals surface area (Å²) in [5.74, 6) is 0.0176. The molecular weight excluding hydrogens is 336 g/mol. The minimum atomic E-state index is -0.299. The number of fused-ring (bicyclic) bond motifs is 3. The van der Waals surface area contributed by atoms with E-state index in [0.717, 1.165) is 37.0 Å². The summed E-state index contributed by atoms with van der Waals surface area (Å²) in [6.45, 7) is 0.872. The molecule has 7 heteroatoms. The predicted molar refractivity (Wildman–Crippen MR) is 96.5 cm³/mol. The maximum Gasteiger partial charge on any atom is 0.265 e. The van der Waals surface area contributed by atoms with Gasteiger partial charge in [0.05, 0.1) is 12.2 Å². The molecule has 1 aromatic carbocycles. The Morgan fingerprint density at radius 3 is 2.84 bits per heavy atom. The third-order valence-corrected chi connectivity index (χ3v) is 5.63. The van der Waals surface area contributed by atoms with Crippen molar-refractivity contribution in [1.29, 1.82) is 0 Å². The Hall–Kier alpha value is -2.38. The minimum Gasteiger partial charge on any atom is -0.494 e. The van der Waals surface area contributed by atoms with Crippen LogP contribution in [0.3, 0.4) is 0 Å². The second-order valence-corrected chi connectivity index (χ2v) is 7.30. The highest BCUT2D eigenvalue weighted by atomic mass is 32.1. The Labute approximate surface area is 148 Å². The zero-order valence-corrected chi connectivity index (χ0v) is 14.4. The lowest BCUT2D eigenvalue weighted by Crippen LogP contribution is -2.87. The van der Waals surface area contributed by atoms with Gasteiger partial charge in [-0.25, -0.2) is 0 Å². The van der Waals surface area contributed by atoms with Gasteiger partial charge in [-0.3, -0.25) is 14.3 Å². The zero-order valence-electron chi connectivity index (χ0n) is 13.6.